The van der Waals surface area contributed by atoms with E-state index in [-0.39, 0.29) is 17.3 Å². The van der Waals surface area contributed by atoms with E-state index >= 15 is 0 Å². The van der Waals surface area contributed by atoms with E-state index in [4.69, 9.17) is 4.74 Å². The van der Waals surface area contributed by atoms with E-state index in [9.17, 15) is 18.0 Å². The van der Waals surface area contributed by atoms with Crippen LogP contribution in [-0.2, 0) is 6.42 Å². The van der Waals surface area contributed by atoms with Crippen LogP contribution in [0.5, 0.6) is 5.75 Å². The Kier molecular flexibility index (Phi) is 9.65. The molecule has 5 heteroatoms. The first-order valence-electron chi connectivity index (χ1n) is 14.0. The number of unbranched alkanes of at least 4 members (excludes halogenated alkanes) is 2. The maximum Gasteiger partial charge on any atom is 0.343 e. The van der Waals surface area contributed by atoms with Gasteiger partial charge in [-0.25, -0.2) is 13.6 Å². The molecule has 0 saturated heterocycles. The number of hydrogen-bond acceptors (Lipinski definition) is 2. The lowest BCUT2D eigenvalue weighted by Crippen LogP contribution is -2.15. The van der Waals surface area contributed by atoms with Gasteiger partial charge in [-0.3, -0.25) is 0 Å². The van der Waals surface area contributed by atoms with Gasteiger partial charge in [-0.05, 0) is 96.9 Å². The minimum atomic E-state index is -1.13. The van der Waals surface area contributed by atoms with E-state index in [0.717, 1.165) is 56.9 Å². The van der Waals surface area contributed by atoms with E-state index in [1.54, 1.807) is 36.4 Å². The van der Waals surface area contributed by atoms with Crippen molar-refractivity contribution in [1.82, 2.24) is 0 Å². The van der Waals surface area contributed by atoms with Crippen LogP contribution in [0.4, 0.5) is 13.2 Å². The van der Waals surface area contributed by atoms with Gasteiger partial charge in [0, 0.05) is 0 Å². The number of carbonyl (C=O) groups excluding carboxylic acids is 1. The molecule has 4 rings (SSSR count). The first-order chi connectivity index (χ1) is 18.4. The van der Waals surface area contributed by atoms with E-state index in [2.05, 4.69) is 13.8 Å². The standard InChI is InChI=1S/C33H37F3O2/c1-3-5-6-8-25-15-18-27(21-29(25)34)23-13-16-26(17-14-23)33(37)38-30-20-19-28(31(35)32(30)36)24-11-9-22(7-4-2)10-12-24/h13-22,24H,3-12H2,1-2H3. The van der Waals surface area contributed by atoms with Crippen LogP contribution in [0.2, 0.25) is 0 Å². The highest BCUT2D eigenvalue weighted by Gasteiger charge is 2.27. The number of halogens is 3. The molecule has 1 aliphatic rings. The number of carbonyl (C=O) groups is 1. The number of esters is 1. The molecule has 0 spiro atoms. The summed E-state index contributed by atoms with van der Waals surface area (Å²) in [7, 11) is 0. The van der Waals surface area contributed by atoms with Gasteiger partial charge in [0.05, 0.1) is 5.56 Å². The first kappa shape index (κ1) is 27.9. The highest BCUT2D eigenvalue weighted by Crippen LogP contribution is 2.40. The Morgan fingerprint density at radius 2 is 1.53 bits per heavy atom. The summed E-state index contributed by atoms with van der Waals surface area (Å²) in [5.41, 5.74) is 2.71. The highest BCUT2D eigenvalue weighted by atomic mass is 19.2. The van der Waals surface area contributed by atoms with Crippen molar-refractivity contribution in [2.24, 2.45) is 5.92 Å². The molecule has 0 amide bonds. The summed E-state index contributed by atoms with van der Waals surface area (Å²) >= 11 is 0. The molecule has 0 aromatic heterocycles. The maximum absolute atomic E-state index is 14.9. The fourth-order valence-corrected chi connectivity index (χ4v) is 5.56. The van der Waals surface area contributed by atoms with Crippen molar-refractivity contribution in [3.63, 3.8) is 0 Å². The topological polar surface area (TPSA) is 26.3 Å². The summed E-state index contributed by atoms with van der Waals surface area (Å²) in [4.78, 5) is 12.7. The van der Waals surface area contributed by atoms with Crippen molar-refractivity contribution in [2.75, 3.05) is 0 Å². The normalized spacial score (nSPS) is 17.4. The lowest BCUT2D eigenvalue weighted by atomic mass is 9.77. The molecule has 3 aromatic carbocycles. The van der Waals surface area contributed by atoms with Crippen molar-refractivity contribution in [3.05, 3.63) is 88.7 Å². The Balaban J connectivity index is 1.40. The fourth-order valence-electron chi connectivity index (χ4n) is 5.56. The Morgan fingerprint density at radius 3 is 2.18 bits per heavy atom. The van der Waals surface area contributed by atoms with Crippen molar-refractivity contribution < 1.29 is 22.7 Å². The number of rotatable bonds is 10. The van der Waals surface area contributed by atoms with Crippen molar-refractivity contribution in [1.29, 1.82) is 0 Å². The summed E-state index contributed by atoms with van der Waals surface area (Å²) in [6.45, 7) is 4.29. The number of aryl methyl sites for hydroxylation is 1. The average molecular weight is 523 g/mol. The van der Waals surface area contributed by atoms with Gasteiger partial charge in [0.1, 0.15) is 5.82 Å². The van der Waals surface area contributed by atoms with Crippen LogP contribution in [0.1, 0.15) is 99.0 Å². The zero-order valence-corrected chi connectivity index (χ0v) is 22.4. The van der Waals surface area contributed by atoms with E-state index in [1.165, 1.54) is 18.6 Å². The third-order valence-corrected chi connectivity index (χ3v) is 7.82. The lowest BCUT2D eigenvalue weighted by molar-refractivity contribution is 0.0726. The summed E-state index contributed by atoms with van der Waals surface area (Å²) in [6.07, 6.45) is 9.90. The lowest BCUT2D eigenvalue weighted by Gasteiger charge is -2.29. The van der Waals surface area contributed by atoms with E-state index in [1.807, 2.05) is 6.07 Å². The quantitative estimate of drug-likeness (QED) is 0.150. The number of ether oxygens (including phenoxy) is 1. The minimum Gasteiger partial charge on any atom is -0.420 e. The SMILES string of the molecule is CCCCCc1ccc(-c2ccc(C(=O)Oc3ccc(C4CCC(CCC)CC4)c(F)c3F)cc2)cc1F. The van der Waals surface area contributed by atoms with E-state index < -0.39 is 23.4 Å². The molecule has 1 aliphatic carbocycles. The molecule has 0 heterocycles. The van der Waals surface area contributed by atoms with Crippen molar-refractivity contribution >= 4 is 5.97 Å². The van der Waals surface area contributed by atoms with Gasteiger partial charge in [0.25, 0.3) is 0 Å². The Bertz CT molecular complexity index is 1230. The average Bonchev–Trinajstić information content (AvgIpc) is 2.93. The maximum atomic E-state index is 14.9. The third kappa shape index (κ3) is 6.67. The molecule has 202 valence electrons. The summed E-state index contributed by atoms with van der Waals surface area (Å²) in [6, 6.07) is 14.6. The minimum absolute atomic E-state index is 0.00912. The predicted octanol–water partition coefficient (Wildman–Crippen LogP) is 9.80. The van der Waals surface area contributed by atoms with Gasteiger partial charge >= 0.3 is 5.97 Å². The number of benzene rings is 3. The van der Waals surface area contributed by atoms with Gasteiger partial charge in [-0.2, -0.15) is 4.39 Å². The Morgan fingerprint density at radius 1 is 0.816 bits per heavy atom. The second-order valence-corrected chi connectivity index (χ2v) is 10.5. The van der Waals surface area contributed by atoms with Crippen LogP contribution in [0.15, 0.2) is 54.6 Å². The van der Waals surface area contributed by atoms with Gasteiger partial charge in [0.15, 0.2) is 11.6 Å². The second-order valence-electron chi connectivity index (χ2n) is 10.5. The summed E-state index contributed by atoms with van der Waals surface area (Å²) in [5.74, 6) is -2.82. The Labute approximate surface area is 224 Å². The second kappa shape index (κ2) is 13.1. The molecule has 0 atom stereocenters. The molecule has 3 aromatic rings. The monoisotopic (exact) mass is 522 g/mol. The fraction of sp³-hybridized carbons (Fsp3) is 0.424. The van der Waals surface area contributed by atoms with Gasteiger partial charge in [-0.1, -0.05) is 69.9 Å². The molecule has 2 nitrogen and oxygen atoms in total. The third-order valence-electron chi connectivity index (χ3n) is 7.82. The van der Waals surface area contributed by atoms with Gasteiger partial charge in [0.2, 0.25) is 5.82 Å². The van der Waals surface area contributed by atoms with Crippen LogP contribution < -0.4 is 4.74 Å². The molecule has 1 saturated carbocycles. The number of hydrogen-bond donors (Lipinski definition) is 0. The van der Waals surface area contributed by atoms with E-state index in [0.29, 0.717) is 29.0 Å². The molecule has 0 N–H and O–H groups in total. The first-order valence-corrected chi connectivity index (χ1v) is 14.0. The Hall–Kier alpha value is -3.08. The van der Waals surface area contributed by atoms with Crippen molar-refractivity contribution in [3.8, 4) is 16.9 Å². The molecule has 0 unspecified atom stereocenters. The molecule has 38 heavy (non-hydrogen) atoms. The van der Waals surface area contributed by atoms with Crippen LogP contribution in [0.25, 0.3) is 11.1 Å². The summed E-state index contributed by atoms with van der Waals surface area (Å²) in [5, 5.41) is 0. The zero-order valence-electron chi connectivity index (χ0n) is 22.4. The van der Waals surface area contributed by atoms with Gasteiger partial charge in [-0.15, -0.1) is 0 Å². The summed E-state index contributed by atoms with van der Waals surface area (Å²) < 4.78 is 49.5. The van der Waals surface area contributed by atoms with Crippen LogP contribution >= 0.6 is 0 Å². The van der Waals surface area contributed by atoms with Crippen LogP contribution in [0.3, 0.4) is 0 Å². The molecular formula is C33H37F3O2. The molecule has 1 fully saturated rings. The molecular weight excluding hydrogens is 485 g/mol. The van der Waals surface area contributed by atoms with Gasteiger partial charge < -0.3 is 4.74 Å². The smallest absolute Gasteiger partial charge is 0.343 e. The van der Waals surface area contributed by atoms with Crippen LogP contribution in [-0.4, -0.2) is 5.97 Å². The molecule has 0 radical (unpaired) electrons. The highest BCUT2D eigenvalue weighted by molar-refractivity contribution is 5.91. The zero-order chi connectivity index (χ0) is 27.1. The molecule has 0 bridgehead atoms. The molecule has 0 aliphatic heterocycles. The predicted molar refractivity (Wildman–Crippen MR) is 146 cm³/mol. The van der Waals surface area contributed by atoms with Crippen LogP contribution in [0, 0.1) is 23.4 Å². The largest absolute Gasteiger partial charge is 0.420 e. The van der Waals surface area contributed by atoms with Crippen molar-refractivity contribution in [2.45, 2.75) is 84.0 Å².